The quantitative estimate of drug-likeness (QED) is 0.646. The van der Waals surface area contributed by atoms with Crippen molar-refractivity contribution in [1.82, 2.24) is 4.90 Å². The van der Waals surface area contributed by atoms with Crippen molar-refractivity contribution in [2.45, 2.75) is 31.7 Å². The first-order valence-electron chi connectivity index (χ1n) is 8.73. The first-order valence-corrected chi connectivity index (χ1v) is 9.71. The van der Waals surface area contributed by atoms with E-state index < -0.39 is 0 Å². The van der Waals surface area contributed by atoms with Crippen LogP contribution >= 0.6 is 11.8 Å². The second-order valence-corrected chi connectivity index (χ2v) is 7.55. The lowest BCUT2D eigenvalue weighted by Crippen LogP contribution is -2.30. The molecule has 2 rings (SSSR count). The lowest BCUT2D eigenvalue weighted by atomic mass is 10.2. The van der Waals surface area contributed by atoms with E-state index in [1.54, 1.807) is 11.8 Å². The first kappa shape index (κ1) is 19.4. The molecule has 0 N–H and O–H groups in total. The fourth-order valence-electron chi connectivity index (χ4n) is 2.55. The third kappa shape index (κ3) is 6.13. The number of rotatable bonds is 8. The summed E-state index contributed by atoms with van der Waals surface area (Å²) in [6.45, 7) is 5.54. The summed E-state index contributed by atoms with van der Waals surface area (Å²) in [5.74, 6) is 1.04. The molecule has 2 aromatic carbocycles. The Morgan fingerprint density at radius 1 is 1.00 bits per heavy atom. The van der Waals surface area contributed by atoms with Gasteiger partial charge in [0.25, 0.3) is 0 Å². The maximum absolute atomic E-state index is 12.5. The Morgan fingerprint density at radius 3 is 2.20 bits per heavy atom. The number of hydrogen-bond donors (Lipinski definition) is 0. The van der Waals surface area contributed by atoms with Gasteiger partial charge < -0.3 is 9.80 Å². The van der Waals surface area contributed by atoms with E-state index in [9.17, 15) is 4.79 Å². The highest BCUT2D eigenvalue weighted by atomic mass is 32.2. The molecule has 25 heavy (non-hydrogen) atoms. The van der Waals surface area contributed by atoms with Crippen LogP contribution in [0.4, 0.5) is 5.69 Å². The number of anilines is 1. The summed E-state index contributed by atoms with van der Waals surface area (Å²) in [5, 5.41) is 0. The molecule has 0 saturated carbocycles. The van der Waals surface area contributed by atoms with Gasteiger partial charge in [-0.05, 0) is 43.7 Å². The fourth-order valence-corrected chi connectivity index (χ4v) is 3.39. The van der Waals surface area contributed by atoms with Crippen molar-refractivity contribution in [3.05, 3.63) is 59.7 Å². The van der Waals surface area contributed by atoms with Crippen molar-refractivity contribution < 1.29 is 4.79 Å². The molecular weight excluding hydrogens is 328 g/mol. The molecule has 0 aliphatic rings. The van der Waals surface area contributed by atoms with E-state index in [0.29, 0.717) is 13.0 Å². The zero-order valence-electron chi connectivity index (χ0n) is 15.7. The summed E-state index contributed by atoms with van der Waals surface area (Å²) in [5.41, 5.74) is 3.61. The summed E-state index contributed by atoms with van der Waals surface area (Å²) >= 11 is 1.74. The zero-order valence-corrected chi connectivity index (χ0v) is 16.5. The van der Waals surface area contributed by atoms with E-state index in [2.05, 4.69) is 60.4 Å². The van der Waals surface area contributed by atoms with Crippen molar-refractivity contribution in [3.8, 4) is 0 Å². The van der Waals surface area contributed by atoms with Crippen LogP contribution in [0.25, 0.3) is 0 Å². The minimum absolute atomic E-state index is 0.221. The number of carbonyl (C=O) groups excluding carboxylic acids is 1. The van der Waals surface area contributed by atoms with Crippen LogP contribution in [0.5, 0.6) is 0 Å². The number of aryl methyl sites for hydroxylation is 1. The van der Waals surface area contributed by atoms with Gasteiger partial charge in [0.05, 0.1) is 0 Å². The molecule has 2 aromatic rings. The molecule has 0 spiro atoms. The Morgan fingerprint density at radius 2 is 1.64 bits per heavy atom. The van der Waals surface area contributed by atoms with Crippen LogP contribution < -0.4 is 4.90 Å². The lowest BCUT2D eigenvalue weighted by molar-refractivity contribution is -0.131. The fraction of sp³-hybridized carbons (Fsp3) is 0.381. The Hall–Kier alpha value is -1.94. The molecule has 0 fully saturated rings. The Balaban J connectivity index is 1.84. The largest absolute Gasteiger partial charge is 0.378 e. The number of thioether (sulfide) groups is 1. The van der Waals surface area contributed by atoms with Crippen molar-refractivity contribution in [3.63, 3.8) is 0 Å². The standard InChI is InChI=1S/C21H28N2OS/c1-5-23(16-18-8-10-19(11-9-18)22(3)4)21(24)14-15-25-20-12-6-17(2)7-13-20/h6-13H,5,14-16H2,1-4H3. The van der Waals surface area contributed by atoms with Crippen molar-refractivity contribution >= 4 is 23.4 Å². The number of benzene rings is 2. The summed E-state index contributed by atoms with van der Waals surface area (Å²) < 4.78 is 0. The molecule has 4 heteroatoms. The molecule has 0 aromatic heterocycles. The average molecular weight is 357 g/mol. The topological polar surface area (TPSA) is 23.6 Å². The van der Waals surface area contributed by atoms with Gasteiger partial charge in [-0.25, -0.2) is 0 Å². The Kier molecular flexibility index (Phi) is 7.38. The molecule has 1 amide bonds. The second kappa shape index (κ2) is 9.52. The van der Waals surface area contributed by atoms with E-state index in [1.807, 2.05) is 25.9 Å². The summed E-state index contributed by atoms with van der Waals surface area (Å²) in [6.07, 6.45) is 0.572. The maximum atomic E-state index is 12.5. The highest BCUT2D eigenvalue weighted by Crippen LogP contribution is 2.20. The first-order chi connectivity index (χ1) is 12.0. The van der Waals surface area contributed by atoms with Gasteiger partial charge in [0.15, 0.2) is 0 Å². The van der Waals surface area contributed by atoms with Gasteiger partial charge in [0.1, 0.15) is 0 Å². The predicted octanol–water partition coefficient (Wildman–Crippen LogP) is 4.59. The number of carbonyl (C=O) groups is 1. The van der Waals surface area contributed by atoms with Crippen LogP contribution in [0.3, 0.4) is 0 Å². The second-order valence-electron chi connectivity index (χ2n) is 6.38. The molecule has 0 radical (unpaired) electrons. The third-order valence-electron chi connectivity index (χ3n) is 4.17. The minimum atomic E-state index is 0.221. The molecule has 0 heterocycles. The molecule has 134 valence electrons. The van der Waals surface area contributed by atoms with Crippen molar-refractivity contribution in [1.29, 1.82) is 0 Å². The van der Waals surface area contributed by atoms with Gasteiger partial charge in [-0.15, -0.1) is 11.8 Å². The average Bonchev–Trinajstić information content (AvgIpc) is 2.61. The van der Waals surface area contributed by atoms with Gasteiger partial charge in [0, 0.05) is 49.9 Å². The third-order valence-corrected chi connectivity index (χ3v) is 5.18. The van der Waals surface area contributed by atoms with Gasteiger partial charge in [-0.2, -0.15) is 0 Å². The highest BCUT2D eigenvalue weighted by molar-refractivity contribution is 7.99. The summed E-state index contributed by atoms with van der Waals surface area (Å²) in [4.78, 5) is 17.7. The van der Waals surface area contributed by atoms with Crippen LogP contribution in [0, 0.1) is 6.92 Å². The van der Waals surface area contributed by atoms with Gasteiger partial charge in [-0.1, -0.05) is 29.8 Å². The monoisotopic (exact) mass is 356 g/mol. The summed E-state index contributed by atoms with van der Waals surface area (Å²) in [7, 11) is 4.06. The van der Waals surface area contributed by atoms with E-state index in [0.717, 1.165) is 12.3 Å². The minimum Gasteiger partial charge on any atom is -0.378 e. The van der Waals surface area contributed by atoms with Crippen LogP contribution in [-0.4, -0.2) is 37.2 Å². The van der Waals surface area contributed by atoms with E-state index in [-0.39, 0.29) is 5.91 Å². The van der Waals surface area contributed by atoms with Gasteiger partial charge in [0.2, 0.25) is 5.91 Å². The normalized spacial score (nSPS) is 10.6. The molecule has 0 atom stereocenters. The van der Waals surface area contributed by atoms with Gasteiger partial charge in [-0.3, -0.25) is 4.79 Å². The number of hydrogen-bond acceptors (Lipinski definition) is 3. The molecule has 0 unspecified atom stereocenters. The lowest BCUT2D eigenvalue weighted by Gasteiger charge is -2.21. The van der Waals surface area contributed by atoms with Crippen LogP contribution in [0.2, 0.25) is 0 Å². The maximum Gasteiger partial charge on any atom is 0.223 e. The molecule has 0 bridgehead atoms. The van der Waals surface area contributed by atoms with E-state index in [1.165, 1.54) is 21.7 Å². The Bertz CT molecular complexity index is 665. The van der Waals surface area contributed by atoms with Crippen LogP contribution in [0.1, 0.15) is 24.5 Å². The van der Waals surface area contributed by atoms with E-state index in [4.69, 9.17) is 0 Å². The molecule has 0 aliphatic heterocycles. The predicted molar refractivity (Wildman–Crippen MR) is 108 cm³/mol. The van der Waals surface area contributed by atoms with Gasteiger partial charge >= 0.3 is 0 Å². The molecule has 3 nitrogen and oxygen atoms in total. The Labute approximate surface area is 156 Å². The number of nitrogens with zero attached hydrogens (tertiary/aromatic N) is 2. The van der Waals surface area contributed by atoms with Crippen LogP contribution in [0.15, 0.2) is 53.4 Å². The SMILES string of the molecule is CCN(Cc1ccc(N(C)C)cc1)C(=O)CCSc1ccc(C)cc1. The molecule has 0 saturated heterocycles. The smallest absolute Gasteiger partial charge is 0.223 e. The molecular formula is C21H28N2OS. The van der Waals surface area contributed by atoms with Crippen LogP contribution in [-0.2, 0) is 11.3 Å². The zero-order chi connectivity index (χ0) is 18.2. The van der Waals surface area contributed by atoms with E-state index >= 15 is 0 Å². The molecule has 0 aliphatic carbocycles. The number of amides is 1. The van der Waals surface area contributed by atoms with Crippen molar-refractivity contribution in [2.24, 2.45) is 0 Å². The summed E-state index contributed by atoms with van der Waals surface area (Å²) in [6, 6.07) is 16.9. The highest BCUT2D eigenvalue weighted by Gasteiger charge is 2.12. The van der Waals surface area contributed by atoms with Crippen molar-refractivity contribution in [2.75, 3.05) is 31.3 Å².